The summed E-state index contributed by atoms with van der Waals surface area (Å²) in [5.74, 6) is 0.668. The van der Waals surface area contributed by atoms with Gasteiger partial charge >= 0.3 is 12.2 Å². The molecular weight excluding hydrogens is 1120 g/mol. The number of piperazine rings is 1. The zero-order valence-electron chi connectivity index (χ0n) is 51.2. The molecule has 1 unspecified atom stereocenters. The molecule has 22 heteroatoms. The van der Waals surface area contributed by atoms with Crippen LogP contribution in [0.4, 0.5) is 15.4 Å². The van der Waals surface area contributed by atoms with Gasteiger partial charge in [0.05, 0.1) is 30.2 Å². The van der Waals surface area contributed by atoms with E-state index < -0.39 is 28.9 Å². The molecule has 86 heavy (non-hydrogen) atoms. The van der Waals surface area contributed by atoms with E-state index >= 15 is 0 Å². The maximum Gasteiger partial charge on any atom is 0.411 e. The molecule has 0 spiro atoms. The van der Waals surface area contributed by atoms with E-state index in [1.54, 1.807) is 25.7 Å². The maximum absolute atomic E-state index is 14.8. The van der Waals surface area contributed by atoms with Gasteiger partial charge in [-0.25, -0.2) is 19.6 Å². The average Bonchev–Trinajstić information content (AvgIpc) is 2.82. The van der Waals surface area contributed by atoms with E-state index in [2.05, 4.69) is 46.4 Å². The number of likely N-dealkylation sites (tertiary alicyclic amines) is 3. The van der Waals surface area contributed by atoms with E-state index in [1.165, 1.54) is 6.33 Å². The fourth-order valence-electron chi connectivity index (χ4n) is 12.8. The predicted molar refractivity (Wildman–Crippen MR) is 328 cm³/mol. The van der Waals surface area contributed by atoms with Gasteiger partial charge in [-0.2, -0.15) is 0 Å². The van der Waals surface area contributed by atoms with Gasteiger partial charge in [0.2, 0.25) is 17.7 Å². The number of rotatable bonds is 17. The number of carbonyl (C=O) groups excluding carboxylic acids is 6. The molecule has 4 aromatic rings. The van der Waals surface area contributed by atoms with Crippen LogP contribution in [0.5, 0.6) is 0 Å². The smallest absolute Gasteiger partial charge is 0.411 e. The Kier molecular flexibility index (Phi) is 19.8. The zero-order valence-corrected chi connectivity index (χ0v) is 52.0. The van der Waals surface area contributed by atoms with Gasteiger partial charge in [-0.3, -0.25) is 33.9 Å². The van der Waals surface area contributed by atoms with E-state index in [0.717, 1.165) is 92.4 Å². The number of fused-ring (bicyclic) bond motifs is 1. The second-order valence-corrected chi connectivity index (χ2v) is 26.9. The van der Waals surface area contributed by atoms with Crippen LogP contribution < -0.4 is 15.5 Å². The van der Waals surface area contributed by atoms with Crippen molar-refractivity contribution in [3.63, 3.8) is 0 Å². The summed E-state index contributed by atoms with van der Waals surface area (Å²) >= 11 is 6.35. The van der Waals surface area contributed by atoms with Gasteiger partial charge in [-0.1, -0.05) is 35.9 Å². The number of nitrogens with one attached hydrogen (secondary N) is 3. The molecule has 3 N–H and O–H groups in total. The maximum atomic E-state index is 14.8. The number of hydrogen-bond acceptors (Lipinski definition) is 14. The first-order valence-electron chi connectivity index (χ1n) is 31.3. The van der Waals surface area contributed by atoms with Crippen molar-refractivity contribution >= 4 is 64.3 Å². The highest BCUT2D eigenvalue weighted by Crippen LogP contribution is 2.34. The van der Waals surface area contributed by atoms with Gasteiger partial charge in [-0.15, -0.1) is 0 Å². The minimum absolute atomic E-state index is 0.0158. The number of anilines is 1. The summed E-state index contributed by atoms with van der Waals surface area (Å²) in [5.41, 5.74) is 0.699. The number of alkyl carbamates (subject to hydrolysis) is 1. The summed E-state index contributed by atoms with van der Waals surface area (Å²) in [6, 6.07) is 17.0. The van der Waals surface area contributed by atoms with Crippen molar-refractivity contribution in [1.82, 2.24) is 55.0 Å². The first-order chi connectivity index (χ1) is 41.1. The monoisotopic (exact) mass is 1200 g/mol. The van der Waals surface area contributed by atoms with Crippen molar-refractivity contribution in [2.45, 2.75) is 159 Å². The summed E-state index contributed by atoms with van der Waals surface area (Å²) in [5, 5.41) is 7.84. The number of H-pyrrole nitrogens is 1. The van der Waals surface area contributed by atoms with Crippen molar-refractivity contribution < 1.29 is 43.0 Å². The molecule has 2 atom stereocenters. The van der Waals surface area contributed by atoms with Crippen LogP contribution >= 0.6 is 11.6 Å². The molecule has 1 saturated carbocycles. The first-order valence-corrected chi connectivity index (χ1v) is 31.7. The van der Waals surface area contributed by atoms with E-state index in [-0.39, 0.29) is 60.4 Å². The molecule has 1 aliphatic carbocycles. The molecule has 6 aliphatic rings. The number of aromatic amines is 1. The highest BCUT2D eigenvalue weighted by atomic mass is 35.5. The van der Waals surface area contributed by atoms with Gasteiger partial charge in [0.25, 0.3) is 5.91 Å². The molecule has 0 radical (unpaired) electrons. The molecule has 2 aromatic heterocycles. The third-order valence-corrected chi connectivity index (χ3v) is 18.0. The number of halogens is 1. The molecule has 0 bridgehead atoms. The minimum atomic E-state index is -1.25. The molecule has 466 valence electrons. The normalized spacial score (nSPS) is 20.8. The van der Waals surface area contributed by atoms with Crippen molar-refractivity contribution in [3.8, 4) is 0 Å². The molecule has 6 amide bonds. The van der Waals surface area contributed by atoms with Crippen LogP contribution in [0.2, 0.25) is 5.02 Å². The van der Waals surface area contributed by atoms with Crippen LogP contribution in [0, 0.1) is 0 Å². The quantitative estimate of drug-likeness (QED) is 0.0921. The van der Waals surface area contributed by atoms with Crippen LogP contribution in [0.15, 0.2) is 67.1 Å². The van der Waals surface area contributed by atoms with Crippen LogP contribution in [0.25, 0.3) is 11.0 Å². The third-order valence-electron chi connectivity index (χ3n) is 17.8. The topological polar surface area (TPSA) is 218 Å². The Morgan fingerprint density at radius 3 is 2.09 bits per heavy atom. The standard InChI is InChI=1S/C64H89ClN12O9/c1-62(2,3)85-60(82)70-64(24-33-74(34-25-64)57-52-18-26-66-56(52)67-43-68-57)59(81)69-53(44-12-14-48(65)15-13-44)23-30-71-35-37-73(38-36-71)54(78)41-72-28-19-50(20-29-72)84-51-21-31-75(32-22-51)58(80)46-10-7-9-45(39-46)47-11-8-27-76(40-47)55(79)42-77(49-16-17-49)61(83)86-63(4,5)6/h7,9-10,12-15,18,26,39,43,47,49-51,53H,8,11,16-17,19-25,27-38,40-42H2,1-6H3,(H,69,81)(H,70,82)(H,66,67,68)/t47?,53-/m0/s1. The number of piperidine rings is 4. The zero-order chi connectivity index (χ0) is 60.8. The van der Waals surface area contributed by atoms with E-state index in [0.29, 0.717) is 108 Å². The molecule has 5 aliphatic heterocycles. The van der Waals surface area contributed by atoms with E-state index in [9.17, 15) is 28.8 Å². The molecule has 5 saturated heterocycles. The van der Waals surface area contributed by atoms with Crippen molar-refractivity contribution in [2.75, 3.05) is 103 Å². The van der Waals surface area contributed by atoms with Crippen LogP contribution in [-0.2, 0) is 28.6 Å². The lowest BCUT2D eigenvalue weighted by Crippen LogP contribution is -2.64. The van der Waals surface area contributed by atoms with Gasteiger partial charge in [0.1, 0.15) is 41.1 Å². The van der Waals surface area contributed by atoms with Crippen molar-refractivity contribution in [3.05, 3.63) is 88.8 Å². The SMILES string of the molecule is CC(C)(C)OC(=O)NC1(C(=O)N[C@@H](CCN2CCN(C(=O)CN3CCC(OC4CCN(C(=O)c5cccc(C6CCCN(C(=O)CN(C(=O)OC(C)(C)C)C7CC7)C6)c5)CC4)CC3)CC2)c2ccc(Cl)cc2)CCN(c2ncnc3[nH]ccc23)CC1. The van der Waals surface area contributed by atoms with Gasteiger partial charge in [-0.05, 0) is 154 Å². The molecule has 7 heterocycles. The molecule has 6 fully saturated rings. The Balaban J connectivity index is 0.647. The summed E-state index contributed by atoms with van der Waals surface area (Å²) < 4.78 is 18.0. The highest BCUT2D eigenvalue weighted by Gasteiger charge is 2.45. The van der Waals surface area contributed by atoms with Crippen LogP contribution in [0.1, 0.15) is 146 Å². The summed E-state index contributed by atoms with van der Waals surface area (Å²) in [6.45, 7) is 19.6. The Hall–Kier alpha value is -6.55. The fraction of sp³-hybridized carbons (Fsp3) is 0.625. The highest BCUT2D eigenvalue weighted by molar-refractivity contribution is 6.30. The van der Waals surface area contributed by atoms with Crippen LogP contribution in [0.3, 0.4) is 0 Å². The Morgan fingerprint density at radius 1 is 0.733 bits per heavy atom. The number of hydrogen-bond donors (Lipinski definition) is 3. The lowest BCUT2D eigenvalue weighted by atomic mass is 9.85. The summed E-state index contributed by atoms with van der Waals surface area (Å²) in [6.07, 6.45) is 10.5. The molecule has 2 aromatic carbocycles. The van der Waals surface area contributed by atoms with Crippen LogP contribution in [-0.4, -0.2) is 213 Å². The first kappa shape index (κ1) is 62.5. The van der Waals surface area contributed by atoms with Crippen molar-refractivity contribution in [1.29, 1.82) is 0 Å². The Labute approximate surface area is 511 Å². The second kappa shape index (κ2) is 27.2. The largest absolute Gasteiger partial charge is 0.444 e. The molecule has 21 nitrogen and oxygen atoms in total. The van der Waals surface area contributed by atoms with E-state index in [1.807, 2.05) is 90.2 Å². The fourth-order valence-corrected chi connectivity index (χ4v) is 12.9. The number of aromatic nitrogens is 3. The lowest BCUT2D eigenvalue weighted by Gasteiger charge is -2.42. The van der Waals surface area contributed by atoms with Gasteiger partial charge in [0.15, 0.2) is 0 Å². The van der Waals surface area contributed by atoms with Gasteiger partial charge in [0, 0.05) is 114 Å². The number of nitrogens with zero attached hydrogens (tertiary/aromatic N) is 9. The second-order valence-electron chi connectivity index (χ2n) is 26.5. The number of benzene rings is 2. The number of ether oxygens (including phenoxy) is 3. The Bertz CT molecular complexity index is 3000. The predicted octanol–water partition coefficient (Wildman–Crippen LogP) is 7.76. The lowest BCUT2D eigenvalue weighted by molar-refractivity contribution is -0.135. The third kappa shape index (κ3) is 16.3. The summed E-state index contributed by atoms with van der Waals surface area (Å²) in [4.78, 5) is 109. The Morgan fingerprint density at radius 2 is 1.42 bits per heavy atom. The minimum Gasteiger partial charge on any atom is -0.444 e. The summed E-state index contributed by atoms with van der Waals surface area (Å²) in [7, 11) is 0. The van der Waals surface area contributed by atoms with Crippen molar-refractivity contribution in [2.24, 2.45) is 0 Å². The average molecular weight is 1210 g/mol. The van der Waals surface area contributed by atoms with Gasteiger partial charge < -0.3 is 49.4 Å². The number of carbonyl (C=O) groups is 6. The van der Waals surface area contributed by atoms with E-state index in [4.69, 9.17) is 25.8 Å². The molecular formula is C64H89ClN12O9. The molecule has 10 rings (SSSR count). The number of amides is 6.